The zero-order valence-electron chi connectivity index (χ0n) is 17.4. The van der Waals surface area contributed by atoms with Crippen LogP contribution in [0.5, 0.6) is 0 Å². The molecule has 0 fully saturated rings. The molecular weight excluding hydrogens is 254 g/mol. The number of benzene rings is 2. The smallest absolute Gasteiger partial charge is 0.194 e. The normalized spacial score (nSPS) is 17.5. The van der Waals surface area contributed by atoms with Gasteiger partial charge in [-0.1, -0.05) is 42.5 Å². The maximum atomic E-state index is 7.99. The molecule has 0 spiro atoms. The topological polar surface area (TPSA) is 3.88 Å². The van der Waals surface area contributed by atoms with Crippen molar-refractivity contribution in [2.24, 2.45) is 0 Å². The first-order valence-corrected chi connectivity index (χ1v) is 6.92. The van der Waals surface area contributed by atoms with Crippen LogP contribution in [0, 0.1) is 13.7 Å². The third-order valence-electron chi connectivity index (χ3n) is 4.02. The Bertz CT molecular complexity index is 1030. The summed E-state index contributed by atoms with van der Waals surface area (Å²) < 4.78 is 49.4. The number of fused-ring (bicyclic) bond motifs is 3. The minimum absolute atomic E-state index is 0.159. The molecule has 1 aliphatic rings. The van der Waals surface area contributed by atoms with Crippen molar-refractivity contribution in [1.82, 2.24) is 0 Å². The van der Waals surface area contributed by atoms with Gasteiger partial charge in [-0.2, -0.15) is 4.57 Å². The van der Waals surface area contributed by atoms with Gasteiger partial charge in [0, 0.05) is 25.4 Å². The van der Waals surface area contributed by atoms with Crippen LogP contribution in [0.25, 0.3) is 22.4 Å². The Hall–Kier alpha value is -2.41. The Labute approximate surface area is 133 Å². The van der Waals surface area contributed by atoms with Crippen molar-refractivity contribution in [3.8, 4) is 22.4 Å². The lowest BCUT2D eigenvalue weighted by atomic mass is 9.96. The molecule has 2 heterocycles. The van der Waals surface area contributed by atoms with Crippen LogP contribution in [-0.4, -0.2) is 0 Å². The van der Waals surface area contributed by atoms with Crippen molar-refractivity contribution in [3.63, 3.8) is 0 Å². The average Bonchev–Trinajstić information content (AvgIpc) is 2.97. The van der Waals surface area contributed by atoms with Crippen LogP contribution >= 0.6 is 0 Å². The molecule has 0 unspecified atom stereocenters. The first-order chi connectivity index (χ1) is 12.7. The molecule has 0 amide bonds. The maximum absolute atomic E-state index is 7.99. The summed E-state index contributed by atoms with van der Waals surface area (Å²) in [6.07, 6.45) is 1.65. The molecular formula is C20H18N+. The van der Waals surface area contributed by atoms with Crippen LogP contribution in [0.15, 0.2) is 60.8 Å². The molecule has 3 aromatic rings. The molecule has 1 aliphatic heterocycles. The second kappa shape index (κ2) is 4.56. The zero-order chi connectivity index (χ0) is 19.4. The monoisotopic (exact) mass is 278 g/mol. The van der Waals surface area contributed by atoms with Crippen molar-refractivity contribution in [2.75, 3.05) is 0 Å². The second-order valence-corrected chi connectivity index (χ2v) is 5.32. The van der Waals surface area contributed by atoms with Crippen LogP contribution in [0.3, 0.4) is 0 Å². The summed E-state index contributed by atoms with van der Waals surface area (Å²) in [6.45, 7) is -4.07. The number of aromatic nitrogens is 1. The van der Waals surface area contributed by atoms with E-state index in [0.29, 0.717) is 17.7 Å². The summed E-state index contributed by atoms with van der Waals surface area (Å²) in [5, 5.41) is 0. The number of pyridine rings is 1. The van der Waals surface area contributed by atoms with E-state index in [1.165, 1.54) is 0 Å². The van der Waals surface area contributed by atoms with Gasteiger partial charge < -0.3 is 0 Å². The van der Waals surface area contributed by atoms with Gasteiger partial charge in [0.1, 0.15) is 0 Å². The van der Waals surface area contributed by atoms with E-state index < -0.39 is 13.7 Å². The van der Waals surface area contributed by atoms with E-state index in [-0.39, 0.29) is 11.1 Å². The molecule has 0 atom stereocenters. The number of hydrogen-bond acceptors (Lipinski definition) is 0. The van der Waals surface area contributed by atoms with Crippen LogP contribution in [0.2, 0.25) is 0 Å². The van der Waals surface area contributed by atoms with Gasteiger partial charge in [0.2, 0.25) is 5.69 Å². The molecule has 102 valence electrons. The Morgan fingerprint density at radius 2 is 1.62 bits per heavy atom. The Morgan fingerprint density at radius 3 is 2.48 bits per heavy atom. The third-order valence-corrected chi connectivity index (χ3v) is 4.02. The largest absolute Gasteiger partial charge is 0.213 e. The first-order valence-electron chi connectivity index (χ1n) is 9.92. The Kier molecular flexibility index (Phi) is 1.64. The highest BCUT2D eigenvalue weighted by Gasteiger charge is 2.27. The second-order valence-electron chi connectivity index (χ2n) is 5.32. The van der Waals surface area contributed by atoms with E-state index in [1.807, 2.05) is 34.9 Å². The van der Waals surface area contributed by atoms with Gasteiger partial charge >= 0.3 is 0 Å². The summed E-state index contributed by atoms with van der Waals surface area (Å²) in [4.78, 5) is 0. The van der Waals surface area contributed by atoms with Crippen LogP contribution < -0.4 is 4.57 Å². The SMILES string of the molecule is [2H]C([2H])([2H])c1ccccc1-c1cc2[n+](cc1C([2H])([2H])[2H])Cc1ccccc1-2. The number of rotatable bonds is 1. The molecule has 0 bridgehead atoms. The number of hydrogen-bond donors (Lipinski definition) is 0. The highest BCUT2D eigenvalue weighted by atomic mass is 15.0. The number of aryl methyl sites for hydroxylation is 2. The fourth-order valence-electron chi connectivity index (χ4n) is 2.99. The van der Waals surface area contributed by atoms with Crippen LogP contribution in [0.1, 0.15) is 24.9 Å². The van der Waals surface area contributed by atoms with Crippen LogP contribution in [0.4, 0.5) is 0 Å². The van der Waals surface area contributed by atoms with Crippen molar-refractivity contribution in [3.05, 3.63) is 77.5 Å². The van der Waals surface area contributed by atoms with E-state index in [2.05, 4.69) is 0 Å². The summed E-state index contributed by atoms with van der Waals surface area (Å²) in [5.74, 6) is 0. The molecule has 1 heteroatoms. The third kappa shape index (κ3) is 1.89. The highest BCUT2D eigenvalue weighted by Crippen LogP contribution is 2.32. The lowest BCUT2D eigenvalue weighted by Gasteiger charge is -2.09. The molecule has 1 nitrogen and oxygen atoms in total. The molecule has 21 heavy (non-hydrogen) atoms. The van der Waals surface area contributed by atoms with Gasteiger partial charge in [0.15, 0.2) is 12.7 Å². The van der Waals surface area contributed by atoms with E-state index in [1.54, 1.807) is 30.5 Å². The summed E-state index contributed by atoms with van der Waals surface area (Å²) in [6, 6.07) is 16.4. The standard InChI is InChI=1S/C20H18N/c1-14-7-3-5-9-17(14)19-11-20-18-10-6-4-8-16(18)13-21(20)12-15(19)2/h3-12H,13H2,1-2H3/q+1/i1D3,2D3. The average molecular weight is 278 g/mol. The Balaban J connectivity index is 2.03. The van der Waals surface area contributed by atoms with Gasteiger partial charge in [-0.15, -0.1) is 0 Å². The zero-order valence-corrected chi connectivity index (χ0v) is 11.4. The summed E-state index contributed by atoms with van der Waals surface area (Å²) in [7, 11) is 0. The van der Waals surface area contributed by atoms with E-state index >= 15 is 0 Å². The minimum Gasteiger partial charge on any atom is -0.194 e. The van der Waals surface area contributed by atoms with Gasteiger partial charge in [-0.25, -0.2) is 0 Å². The lowest BCUT2D eigenvalue weighted by Crippen LogP contribution is -2.32. The van der Waals surface area contributed by atoms with E-state index in [9.17, 15) is 0 Å². The van der Waals surface area contributed by atoms with Crippen molar-refractivity contribution >= 4 is 0 Å². The van der Waals surface area contributed by atoms with E-state index in [4.69, 9.17) is 8.22 Å². The molecule has 2 aromatic carbocycles. The molecule has 1 aromatic heterocycles. The predicted octanol–water partition coefficient (Wildman–Crippen LogP) is 4.29. The molecule has 0 radical (unpaired) electrons. The first kappa shape index (κ1) is 7.56. The fourth-order valence-corrected chi connectivity index (χ4v) is 2.99. The molecule has 0 aliphatic carbocycles. The predicted molar refractivity (Wildman–Crippen MR) is 86.1 cm³/mol. The minimum atomic E-state index is -2.35. The van der Waals surface area contributed by atoms with Gasteiger partial charge in [0.25, 0.3) is 0 Å². The quantitative estimate of drug-likeness (QED) is 0.457. The van der Waals surface area contributed by atoms with Crippen LogP contribution in [-0.2, 0) is 6.54 Å². The van der Waals surface area contributed by atoms with Crippen molar-refractivity contribution < 1.29 is 12.8 Å². The van der Waals surface area contributed by atoms with E-state index in [0.717, 1.165) is 16.8 Å². The molecule has 0 saturated carbocycles. The lowest BCUT2D eigenvalue weighted by molar-refractivity contribution is -0.672. The highest BCUT2D eigenvalue weighted by molar-refractivity contribution is 5.75. The van der Waals surface area contributed by atoms with Crippen molar-refractivity contribution in [1.29, 1.82) is 0 Å². The van der Waals surface area contributed by atoms with Gasteiger partial charge in [-0.3, -0.25) is 0 Å². The molecule has 0 N–H and O–H groups in total. The summed E-state index contributed by atoms with van der Waals surface area (Å²) in [5.41, 5.74) is 4.27. The van der Waals surface area contributed by atoms with Gasteiger partial charge in [-0.05, 0) is 36.5 Å². The number of nitrogens with zero attached hydrogens (tertiary/aromatic N) is 1. The van der Waals surface area contributed by atoms with Gasteiger partial charge in [0.05, 0.1) is 5.56 Å². The molecule has 0 saturated heterocycles. The molecule has 4 rings (SSSR count). The Morgan fingerprint density at radius 1 is 0.857 bits per heavy atom. The van der Waals surface area contributed by atoms with Crippen molar-refractivity contribution in [2.45, 2.75) is 20.2 Å². The maximum Gasteiger partial charge on any atom is 0.213 e. The fraction of sp³-hybridized carbons (Fsp3) is 0.150. The summed E-state index contributed by atoms with van der Waals surface area (Å²) >= 11 is 0.